The van der Waals surface area contributed by atoms with E-state index in [1.54, 1.807) is 29.2 Å². The number of benzene rings is 1. The third-order valence-corrected chi connectivity index (χ3v) is 5.20. The Bertz CT molecular complexity index is 1140. The van der Waals surface area contributed by atoms with Crippen LogP contribution in [0.4, 0.5) is 19.0 Å². The molecule has 1 aliphatic heterocycles. The number of aryl methyl sites for hydroxylation is 1. The standard InChI is InChI=1S/C20H19F3N6O2/c21-20(22,23)14-5-6-17(24-13-14)27-9-11-28(12-10-27)18(30)7-8-29-19(31)15-3-1-2-4-16(15)25-26-29/h1-6,13H,7-12H2. The number of alkyl halides is 3. The Hall–Kier alpha value is -3.50. The average Bonchev–Trinajstić information content (AvgIpc) is 2.78. The number of rotatable bonds is 4. The molecular formula is C20H19F3N6O2. The molecule has 0 spiro atoms. The van der Waals surface area contributed by atoms with Gasteiger partial charge in [0, 0.05) is 38.8 Å². The van der Waals surface area contributed by atoms with E-state index in [-0.39, 0.29) is 24.4 Å². The molecule has 1 aliphatic rings. The highest BCUT2D eigenvalue weighted by Crippen LogP contribution is 2.29. The zero-order valence-electron chi connectivity index (χ0n) is 16.4. The molecule has 0 aliphatic carbocycles. The zero-order valence-corrected chi connectivity index (χ0v) is 16.4. The number of nitrogens with zero attached hydrogens (tertiary/aromatic N) is 6. The SMILES string of the molecule is O=C(CCn1nnc2ccccc2c1=O)N1CCN(c2ccc(C(F)(F)F)cn2)CC1. The zero-order chi connectivity index (χ0) is 22.0. The average molecular weight is 432 g/mol. The Morgan fingerprint density at radius 2 is 1.77 bits per heavy atom. The third-order valence-electron chi connectivity index (χ3n) is 5.20. The van der Waals surface area contributed by atoms with Crippen molar-refractivity contribution in [2.75, 3.05) is 31.1 Å². The smallest absolute Gasteiger partial charge is 0.353 e. The summed E-state index contributed by atoms with van der Waals surface area (Å²) in [5, 5.41) is 8.33. The lowest BCUT2D eigenvalue weighted by Gasteiger charge is -2.35. The summed E-state index contributed by atoms with van der Waals surface area (Å²) in [5.41, 5.74) is -0.586. The molecule has 8 nitrogen and oxygen atoms in total. The van der Waals surface area contributed by atoms with Crippen LogP contribution in [0.1, 0.15) is 12.0 Å². The number of hydrogen-bond acceptors (Lipinski definition) is 6. The molecule has 1 fully saturated rings. The maximum atomic E-state index is 12.7. The highest BCUT2D eigenvalue weighted by Gasteiger charge is 2.31. The van der Waals surface area contributed by atoms with Crippen molar-refractivity contribution in [2.45, 2.75) is 19.1 Å². The number of aromatic nitrogens is 4. The maximum Gasteiger partial charge on any atom is 0.417 e. The van der Waals surface area contributed by atoms with E-state index < -0.39 is 11.7 Å². The van der Waals surface area contributed by atoms with Crippen LogP contribution in [-0.4, -0.2) is 57.0 Å². The fraction of sp³-hybridized carbons (Fsp3) is 0.350. The molecule has 162 valence electrons. The molecule has 0 unspecified atom stereocenters. The number of amides is 1. The van der Waals surface area contributed by atoms with E-state index in [0.29, 0.717) is 42.9 Å². The first kappa shape index (κ1) is 20.8. The van der Waals surface area contributed by atoms with Crippen molar-refractivity contribution in [1.82, 2.24) is 24.9 Å². The lowest BCUT2D eigenvalue weighted by atomic mass is 10.2. The topological polar surface area (TPSA) is 84.2 Å². The number of anilines is 1. The summed E-state index contributed by atoms with van der Waals surface area (Å²) < 4.78 is 39.2. The first-order chi connectivity index (χ1) is 14.8. The first-order valence-electron chi connectivity index (χ1n) is 9.71. The maximum absolute atomic E-state index is 12.7. The molecule has 1 amide bonds. The van der Waals surface area contributed by atoms with Crippen molar-refractivity contribution in [3.8, 4) is 0 Å². The molecule has 1 saturated heterocycles. The number of piperazine rings is 1. The van der Waals surface area contributed by atoms with Gasteiger partial charge < -0.3 is 9.80 Å². The molecule has 3 aromatic rings. The quantitative estimate of drug-likeness (QED) is 0.627. The molecule has 11 heteroatoms. The number of halogens is 3. The second-order valence-electron chi connectivity index (χ2n) is 7.16. The summed E-state index contributed by atoms with van der Waals surface area (Å²) in [6, 6.07) is 9.22. The van der Waals surface area contributed by atoms with Crippen LogP contribution in [0.5, 0.6) is 0 Å². The number of hydrogen-bond donors (Lipinski definition) is 0. The predicted molar refractivity (Wildman–Crippen MR) is 106 cm³/mol. The van der Waals surface area contributed by atoms with Gasteiger partial charge in [-0.3, -0.25) is 9.59 Å². The molecule has 2 aromatic heterocycles. The Morgan fingerprint density at radius 3 is 2.45 bits per heavy atom. The van der Waals surface area contributed by atoms with Crippen molar-refractivity contribution < 1.29 is 18.0 Å². The monoisotopic (exact) mass is 432 g/mol. The van der Waals surface area contributed by atoms with Gasteiger partial charge >= 0.3 is 6.18 Å². The summed E-state index contributed by atoms with van der Waals surface area (Å²) in [5.74, 6) is 0.319. The molecule has 4 rings (SSSR count). The Morgan fingerprint density at radius 1 is 1.03 bits per heavy atom. The van der Waals surface area contributed by atoms with Crippen LogP contribution in [-0.2, 0) is 17.5 Å². The summed E-state index contributed by atoms with van der Waals surface area (Å²) in [6.45, 7) is 1.87. The van der Waals surface area contributed by atoms with E-state index in [2.05, 4.69) is 15.3 Å². The fourth-order valence-corrected chi connectivity index (χ4v) is 3.46. The van der Waals surface area contributed by atoms with Crippen molar-refractivity contribution in [3.63, 3.8) is 0 Å². The van der Waals surface area contributed by atoms with Crippen molar-refractivity contribution in [3.05, 3.63) is 58.5 Å². The molecule has 0 bridgehead atoms. The number of carbonyl (C=O) groups is 1. The van der Waals surface area contributed by atoms with Gasteiger partial charge in [0.15, 0.2) is 0 Å². The van der Waals surface area contributed by atoms with E-state index in [1.807, 2.05) is 4.90 Å². The minimum absolute atomic E-state index is 0.103. The molecule has 0 radical (unpaired) electrons. The highest BCUT2D eigenvalue weighted by molar-refractivity contribution is 5.77. The van der Waals surface area contributed by atoms with Crippen LogP contribution in [0.3, 0.4) is 0 Å². The van der Waals surface area contributed by atoms with Crippen LogP contribution in [0.15, 0.2) is 47.4 Å². The van der Waals surface area contributed by atoms with Crippen LogP contribution >= 0.6 is 0 Å². The normalized spacial score (nSPS) is 14.8. The van der Waals surface area contributed by atoms with Crippen LogP contribution < -0.4 is 10.5 Å². The third kappa shape index (κ3) is 4.49. The predicted octanol–water partition coefficient (Wildman–Crippen LogP) is 1.94. The fourth-order valence-electron chi connectivity index (χ4n) is 3.46. The molecule has 0 N–H and O–H groups in total. The van der Waals surface area contributed by atoms with Crippen LogP contribution in [0.2, 0.25) is 0 Å². The van der Waals surface area contributed by atoms with Crippen LogP contribution in [0.25, 0.3) is 10.9 Å². The van der Waals surface area contributed by atoms with Gasteiger partial charge in [-0.15, -0.1) is 5.10 Å². The second kappa shape index (κ2) is 8.32. The lowest BCUT2D eigenvalue weighted by molar-refractivity contribution is -0.138. The van der Waals surface area contributed by atoms with Gasteiger partial charge in [-0.25, -0.2) is 9.67 Å². The van der Waals surface area contributed by atoms with Crippen LogP contribution in [0, 0.1) is 0 Å². The summed E-state index contributed by atoms with van der Waals surface area (Å²) in [6.07, 6.45) is -3.51. The molecule has 31 heavy (non-hydrogen) atoms. The van der Waals surface area contributed by atoms with E-state index >= 15 is 0 Å². The van der Waals surface area contributed by atoms with Crippen molar-refractivity contribution in [2.24, 2.45) is 0 Å². The Labute approximate surface area is 174 Å². The summed E-state index contributed by atoms with van der Waals surface area (Å²) >= 11 is 0. The van der Waals surface area contributed by atoms with E-state index in [0.717, 1.165) is 12.3 Å². The van der Waals surface area contributed by atoms with Gasteiger partial charge in [-0.1, -0.05) is 17.3 Å². The van der Waals surface area contributed by atoms with E-state index in [1.165, 1.54) is 10.7 Å². The van der Waals surface area contributed by atoms with Gasteiger partial charge in [0.25, 0.3) is 5.56 Å². The first-order valence-corrected chi connectivity index (χ1v) is 9.71. The second-order valence-corrected chi connectivity index (χ2v) is 7.16. The molecule has 0 saturated carbocycles. The number of fused-ring (bicyclic) bond motifs is 1. The molecule has 3 heterocycles. The number of pyridine rings is 1. The molecular weight excluding hydrogens is 413 g/mol. The lowest BCUT2D eigenvalue weighted by Crippen LogP contribution is -2.49. The Kier molecular flexibility index (Phi) is 5.57. The Balaban J connectivity index is 1.32. The van der Waals surface area contributed by atoms with Gasteiger partial charge in [-0.05, 0) is 24.3 Å². The highest BCUT2D eigenvalue weighted by atomic mass is 19.4. The minimum atomic E-state index is -4.42. The van der Waals surface area contributed by atoms with Crippen molar-refractivity contribution >= 4 is 22.6 Å². The van der Waals surface area contributed by atoms with E-state index in [4.69, 9.17) is 0 Å². The van der Waals surface area contributed by atoms with Crippen molar-refractivity contribution in [1.29, 1.82) is 0 Å². The van der Waals surface area contributed by atoms with Gasteiger partial charge in [0.1, 0.15) is 11.3 Å². The van der Waals surface area contributed by atoms with Gasteiger partial charge in [0.2, 0.25) is 5.91 Å². The van der Waals surface area contributed by atoms with Gasteiger partial charge in [-0.2, -0.15) is 13.2 Å². The summed E-state index contributed by atoms with van der Waals surface area (Å²) in [4.78, 5) is 32.4. The van der Waals surface area contributed by atoms with Gasteiger partial charge in [0.05, 0.1) is 17.5 Å². The summed E-state index contributed by atoms with van der Waals surface area (Å²) in [7, 11) is 0. The molecule has 1 aromatic carbocycles. The van der Waals surface area contributed by atoms with E-state index in [9.17, 15) is 22.8 Å². The molecule has 0 atom stereocenters. The number of carbonyl (C=O) groups excluding carboxylic acids is 1. The minimum Gasteiger partial charge on any atom is -0.353 e. The largest absolute Gasteiger partial charge is 0.417 e.